The first-order chi connectivity index (χ1) is 18.0. The molecule has 196 valence electrons. The SMILES string of the molecule is CC(=O)c1ccc(-c2cc(Cl)c3c(c2)CC(CNC(=O)C=Cc2c(C)nn4c(C(F)(F)F)ccnc24)O3)s1. The number of nitrogens with one attached hydrogen (secondary N) is 1. The number of Topliss-reactive ketones (excluding diaryl/α,β-unsaturated/α-hetero) is 1. The van der Waals surface area contributed by atoms with E-state index >= 15 is 0 Å². The van der Waals surface area contributed by atoms with E-state index in [-0.39, 0.29) is 24.1 Å². The molecule has 0 aliphatic carbocycles. The van der Waals surface area contributed by atoms with Gasteiger partial charge in [-0.15, -0.1) is 11.3 Å². The number of hydrogen-bond acceptors (Lipinski definition) is 6. The summed E-state index contributed by atoms with van der Waals surface area (Å²) in [6, 6.07) is 8.26. The molecule has 1 N–H and O–H groups in total. The van der Waals surface area contributed by atoms with Crippen molar-refractivity contribution in [3.8, 4) is 16.2 Å². The number of nitrogens with zero attached hydrogens (tertiary/aromatic N) is 3. The lowest BCUT2D eigenvalue weighted by molar-refractivity contribution is -0.142. The lowest BCUT2D eigenvalue weighted by Crippen LogP contribution is -2.33. The van der Waals surface area contributed by atoms with Crippen LogP contribution < -0.4 is 10.1 Å². The van der Waals surface area contributed by atoms with Gasteiger partial charge in [-0.05, 0) is 55.8 Å². The number of hydrogen-bond donors (Lipinski definition) is 1. The van der Waals surface area contributed by atoms with Crippen molar-refractivity contribution < 1.29 is 27.5 Å². The number of rotatable bonds is 6. The van der Waals surface area contributed by atoms with Crippen molar-refractivity contribution in [2.45, 2.75) is 32.5 Å². The van der Waals surface area contributed by atoms with E-state index in [1.165, 1.54) is 30.4 Å². The molecule has 1 aliphatic heterocycles. The summed E-state index contributed by atoms with van der Waals surface area (Å²) in [5.74, 6) is 0.111. The lowest BCUT2D eigenvalue weighted by atomic mass is 10.1. The van der Waals surface area contributed by atoms with Crippen LogP contribution in [0.3, 0.4) is 0 Å². The van der Waals surface area contributed by atoms with Gasteiger partial charge in [0.15, 0.2) is 11.4 Å². The third-order valence-electron chi connectivity index (χ3n) is 6.02. The summed E-state index contributed by atoms with van der Waals surface area (Å²) in [5.41, 5.74) is 1.45. The molecule has 38 heavy (non-hydrogen) atoms. The van der Waals surface area contributed by atoms with Crippen molar-refractivity contribution >= 4 is 46.4 Å². The van der Waals surface area contributed by atoms with Crippen LogP contribution in [0.2, 0.25) is 5.02 Å². The fourth-order valence-electron chi connectivity index (χ4n) is 4.24. The quantitative estimate of drug-likeness (QED) is 0.239. The topological polar surface area (TPSA) is 85.6 Å². The second-order valence-corrected chi connectivity index (χ2v) is 10.2. The fraction of sp³-hybridized carbons (Fsp3) is 0.231. The van der Waals surface area contributed by atoms with Gasteiger partial charge in [0.1, 0.15) is 17.5 Å². The number of ketones is 1. The number of halogens is 4. The number of carbonyl (C=O) groups excluding carboxylic acids is 2. The molecule has 0 saturated heterocycles. The van der Waals surface area contributed by atoms with Gasteiger partial charge in [-0.1, -0.05) is 11.6 Å². The number of amides is 1. The zero-order valence-corrected chi connectivity index (χ0v) is 21.7. The Kier molecular flexibility index (Phi) is 6.74. The van der Waals surface area contributed by atoms with E-state index in [9.17, 15) is 22.8 Å². The molecule has 5 rings (SSSR count). The van der Waals surface area contributed by atoms with Gasteiger partial charge in [0.25, 0.3) is 0 Å². The smallest absolute Gasteiger partial charge is 0.433 e. The van der Waals surface area contributed by atoms with Gasteiger partial charge in [0.2, 0.25) is 5.91 Å². The van der Waals surface area contributed by atoms with Gasteiger partial charge >= 0.3 is 6.18 Å². The van der Waals surface area contributed by atoms with Crippen LogP contribution in [-0.4, -0.2) is 38.9 Å². The molecule has 3 aromatic heterocycles. The van der Waals surface area contributed by atoms with E-state index in [2.05, 4.69) is 15.4 Å². The highest BCUT2D eigenvalue weighted by Crippen LogP contribution is 2.41. The van der Waals surface area contributed by atoms with Crippen LogP contribution in [0.15, 0.2) is 42.6 Å². The van der Waals surface area contributed by atoms with E-state index < -0.39 is 17.8 Å². The Balaban J connectivity index is 1.25. The van der Waals surface area contributed by atoms with E-state index in [0.717, 1.165) is 32.8 Å². The molecular weight excluding hydrogens is 541 g/mol. The van der Waals surface area contributed by atoms with Crippen LogP contribution in [-0.2, 0) is 17.4 Å². The summed E-state index contributed by atoms with van der Waals surface area (Å²) in [5, 5.41) is 7.13. The number of aryl methyl sites for hydroxylation is 1. The normalized spacial score (nSPS) is 15.2. The molecule has 4 heterocycles. The number of ether oxygens (including phenoxy) is 1. The van der Waals surface area contributed by atoms with Crippen LogP contribution in [0, 0.1) is 6.92 Å². The molecule has 0 saturated carbocycles. The van der Waals surface area contributed by atoms with E-state index in [4.69, 9.17) is 16.3 Å². The van der Waals surface area contributed by atoms with E-state index in [0.29, 0.717) is 33.3 Å². The highest BCUT2D eigenvalue weighted by atomic mass is 35.5. The Morgan fingerprint density at radius 1 is 1.29 bits per heavy atom. The fourth-order valence-corrected chi connectivity index (χ4v) is 5.41. The van der Waals surface area contributed by atoms with Crippen LogP contribution in [0.1, 0.15) is 39.1 Å². The highest BCUT2D eigenvalue weighted by molar-refractivity contribution is 7.17. The lowest BCUT2D eigenvalue weighted by Gasteiger charge is -2.11. The molecular formula is C26H20ClF3N4O3S. The van der Waals surface area contributed by atoms with Crippen molar-refractivity contribution in [2.24, 2.45) is 0 Å². The van der Waals surface area contributed by atoms with Gasteiger partial charge in [-0.3, -0.25) is 9.59 Å². The molecule has 0 radical (unpaired) electrons. The number of aromatic nitrogens is 3. The maximum atomic E-state index is 13.3. The third kappa shape index (κ3) is 5.03. The van der Waals surface area contributed by atoms with Crippen molar-refractivity contribution in [1.82, 2.24) is 19.9 Å². The number of fused-ring (bicyclic) bond motifs is 2. The molecule has 7 nitrogen and oxygen atoms in total. The standard InChI is InChI=1S/C26H20ClF3N4O3S/c1-13-18(25-31-8-7-22(26(28,29)30)34(25)33-13)3-6-23(36)32-12-17-10-16-9-15(11-19(27)24(16)37-17)21-5-4-20(38-21)14(2)35/h3-9,11,17H,10,12H2,1-2H3,(H,32,36). The Morgan fingerprint density at radius 3 is 2.79 bits per heavy atom. The Labute approximate surface area is 223 Å². The zero-order chi connectivity index (χ0) is 27.2. The van der Waals surface area contributed by atoms with Crippen molar-refractivity contribution in [2.75, 3.05) is 6.54 Å². The first-order valence-corrected chi connectivity index (χ1v) is 12.7. The molecule has 0 fully saturated rings. The first-order valence-electron chi connectivity index (χ1n) is 11.5. The first kappa shape index (κ1) is 25.9. The van der Waals surface area contributed by atoms with Crippen molar-refractivity contribution in [1.29, 1.82) is 0 Å². The molecule has 1 aromatic carbocycles. The summed E-state index contributed by atoms with van der Waals surface area (Å²) in [6.45, 7) is 3.26. The molecule has 1 amide bonds. The summed E-state index contributed by atoms with van der Waals surface area (Å²) >= 11 is 7.85. The summed E-state index contributed by atoms with van der Waals surface area (Å²) in [6.07, 6.45) is -0.743. The van der Waals surface area contributed by atoms with Gasteiger partial charge in [0.05, 0.1) is 22.1 Å². The second-order valence-electron chi connectivity index (χ2n) is 8.75. The minimum Gasteiger partial charge on any atom is -0.486 e. The average Bonchev–Trinajstić information content (AvgIpc) is 3.57. The maximum absolute atomic E-state index is 13.3. The third-order valence-corrected chi connectivity index (χ3v) is 7.54. The minimum atomic E-state index is -4.60. The van der Waals surface area contributed by atoms with Gasteiger partial charge < -0.3 is 10.1 Å². The van der Waals surface area contributed by atoms with Crippen LogP contribution in [0.4, 0.5) is 13.2 Å². The van der Waals surface area contributed by atoms with E-state index in [1.54, 1.807) is 19.1 Å². The summed E-state index contributed by atoms with van der Waals surface area (Å²) < 4.78 is 46.5. The minimum absolute atomic E-state index is 0.000700. The highest BCUT2D eigenvalue weighted by Gasteiger charge is 2.34. The summed E-state index contributed by atoms with van der Waals surface area (Å²) in [4.78, 5) is 29.7. The predicted octanol–water partition coefficient (Wildman–Crippen LogP) is 5.77. The average molecular weight is 561 g/mol. The van der Waals surface area contributed by atoms with Gasteiger partial charge in [-0.25, -0.2) is 9.50 Å². The molecule has 0 spiro atoms. The molecule has 12 heteroatoms. The largest absolute Gasteiger partial charge is 0.486 e. The van der Waals surface area contributed by atoms with Crippen molar-refractivity contribution in [3.05, 3.63) is 75.0 Å². The van der Waals surface area contributed by atoms with Crippen LogP contribution >= 0.6 is 22.9 Å². The molecule has 0 bridgehead atoms. The monoisotopic (exact) mass is 560 g/mol. The molecule has 4 aromatic rings. The summed E-state index contributed by atoms with van der Waals surface area (Å²) in [7, 11) is 0. The van der Waals surface area contributed by atoms with Crippen LogP contribution in [0.25, 0.3) is 22.2 Å². The zero-order valence-electron chi connectivity index (χ0n) is 20.1. The number of alkyl halides is 3. The number of thiophene rings is 1. The second kappa shape index (κ2) is 9.88. The Bertz CT molecular complexity index is 1610. The van der Waals surface area contributed by atoms with Gasteiger partial charge in [-0.2, -0.15) is 18.3 Å². The van der Waals surface area contributed by atoms with E-state index in [1.807, 2.05) is 12.1 Å². The predicted molar refractivity (Wildman–Crippen MR) is 138 cm³/mol. The molecule has 1 atom stereocenters. The molecule has 1 unspecified atom stereocenters. The van der Waals surface area contributed by atoms with Crippen LogP contribution in [0.5, 0.6) is 5.75 Å². The van der Waals surface area contributed by atoms with Crippen molar-refractivity contribution in [3.63, 3.8) is 0 Å². The van der Waals surface area contributed by atoms with Gasteiger partial charge in [0, 0.05) is 34.7 Å². The number of benzene rings is 1. The Hall–Kier alpha value is -3.70. The maximum Gasteiger partial charge on any atom is 0.433 e. The molecule has 1 aliphatic rings. The number of carbonyl (C=O) groups is 2. The Morgan fingerprint density at radius 2 is 2.08 bits per heavy atom.